The lowest BCUT2D eigenvalue weighted by atomic mass is 10.0. The maximum Gasteiger partial charge on any atom is 0.303 e. The van der Waals surface area contributed by atoms with Crippen LogP contribution in [0.5, 0.6) is 0 Å². The van der Waals surface area contributed by atoms with Gasteiger partial charge in [0.25, 0.3) is 0 Å². The van der Waals surface area contributed by atoms with Crippen LogP contribution in [0.3, 0.4) is 0 Å². The van der Waals surface area contributed by atoms with Crippen LogP contribution in [0, 0.1) is 0 Å². The third-order valence-electron chi connectivity index (χ3n) is 11.5. The van der Waals surface area contributed by atoms with Gasteiger partial charge in [0, 0.05) is 51.7 Å². The van der Waals surface area contributed by atoms with Crippen molar-refractivity contribution in [2.75, 3.05) is 72.5 Å². The summed E-state index contributed by atoms with van der Waals surface area (Å²) >= 11 is 0. The number of carbonyl (C=O) groups excluding carboxylic acids is 7. The zero-order valence-corrected chi connectivity index (χ0v) is 44.2. The Morgan fingerprint density at radius 3 is 1.20 bits per heavy atom. The van der Waals surface area contributed by atoms with Crippen molar-refractivity contribution in [3.8, 4) is 0 Å². The van der Waals surface area contributed by atoms with Crippen molar-refractivity contribution in [3.63, 3.8) is 0 Å². The van der Waals surface area contributed by atoms with Crippen molar-refractivity contribution in [1.82, 2.24) is 31.9 Å². The predicted octanol–water partition coefficient (Wildman–Crippen LogP) is 3.47. The molecule has 0 radical (unpaired) electrons. The normalized spacial score (nSPS) is 12.2. The first-order valence-corrected chi connectivity index (χ1v) is 26.7. The summed E-state index contributed by atoms with van der Waals surface area (Å²) in [5.41, 5.74) is 0. The number of carboxylic acids is 3. The molecule has 6 amide bonds. The second kappa shape index (κ2) is 47.5. The molecule has 0 aliphatic heterocycles. The minimum absolute atomic E-state index is 0.0348. The van der Waals surface area contributed by atoms with Crippen molar-refractivity contribution in [2.24, 2.45) is 0 Å². The van der Waals surface area contributed by atoms with Gasteiger partial charge in [0.05, 0.1) is 39.6 Å². The molecular weight excluding hydrogens is 969 g/mol. The summed E-state index contributed by atoms with van der Waals surface area (Å²) in [6.07, 6.45) is 17.3. The van der Waals surface area contributed by atoms with Crippen LogP contribution in [0.1, 0.15) is 174 Å². The number of amides is 6. The number of aliphatic carboxylic acids is 3. The predicted molar refractivity (Wildman–Crippen MR) is 273 cm³/mol. The van der Waals surface area contributed by atoms with Crippen molar-refractivity contribution < 1.29 is 82.2 Å². The molecule has 0 heterocycles. The van der Waals surface area contributed by atoms with Crippen LogP contribution in [-0.4, -0.2) is 165 Å². The minimum Gasteiger partial charge on any atom is -0.481 e. The number of ketones is 1. The van der Waals surface area contributed by atoms with E-state index < -0.39 is 85.0 Å². The Bertz CT molecular complexity index is 1620. The Morgan fingerprint density at radius 2 is 0.743 bits per heavy atom. The number of unbranched alkanes of at least 4 members (excludes halogenated alkanes) is 15. The molecule has 0 saturated heterocycles. The molecule has 0 aromatic carbocycles. The van der Waals surface area contributed by atoms with Crippen molar-refractivity contribution in [1.29, 1.82) is 0 Å². The van der Waals surface area contributed by atoms with Crippen molar-refractivity contribution >= 4 is 59.1 Å². The Balaban J connectivity index is 4.22. The number of hydrogen-bond acceptors (Lipinski definition) is 14. The number of nitrogens with one attached hydrogen (secondary N) is 6. The summed E-state index contributed by atoms with van der Waals surface area (Å²) < 4.78 is 21.4. The standard InChI is InChI=1S/C51H90N6O17/c1-3-4-19-28-53-50(69)41(23-26-47(64)65)57-51(70)42(24-27-48(66)67)56-45(61)38-74-36-34-71-31-29-52-44(60)37-73-35-33-72-32-30-54-49(68)40(22-25-46(62)63)55-43(59)21-18-16-14-12-10-8-6-5-7-9-11-13-15-17-20-39(2)58/h40-42H,3-38H2,1-2H3,(H,52,60)(H,53,69)(H,54,68)(H,55,59)(H,56,61)(H,57,70)(H,62,63)(H,64,65)(H,66,67)/t40-,41-,42-/m0/s1. The van der Waals surface area contributed by atoms with Gasteiger partial charge in [0.1, 0.15) is 37.1 Å². The molecule has 0 unspecified atom stereocenters. The van der Waals surface area contributed by atoms with Crippen LogP contribution >= 0.6 is 0 Å². The maximum atomic E-state index is 13.1. The molecule has 0 aliphatic carbocycles. The summed E-state index contributed by atoms with van der Waals surface area (Å²) in [5, 5.41) is 42.8. The highest BCUT2D eigenvalue weighted by molar-refractivity contribution is 5.93. The van der Waals surface area contributed by atoms with Gasteiger partial charge < -0.3 is 71.0 Å². The summed E-state index contributed by atoms with van der Waals surface area (Å²) in [4.78, 5) is 120. The van der Waals surface area contributed by atoms with E-state index >= 15 is 0 Å². The van der Waals surface area contributed by atoms with Gasteiger partial charge in [0.15, 0.2) is 0 Å². The van der Waals surface area contributed by atoms with E-state index in [1.54, 1.807) is 6.92 Å². The molecule has 0 aromatic heterocycles. The first-order valence-electron chi connectivity index (χ1n) is 26.7. The smallest absolute Gasteiger partial charge is 0.303 e. The van der Waals surface area contributed by atoms with E-state index in [4.69, 9.17) is 34.3 Å². The highest BCUT2D eigenvalue weighted by Gasteiger charge is 2.28. The van der Waals surface area contributed by atoms with E-state index in [-0.39, 0.29) is 103 Å². The Labute approximate surface area is 437 Å². The summed E-state index contributed by atoms with van der Waals surface area (Å²) in [5.74, 6) is -6.61. The molecule has 74 heavy (non-hydrogen) atoms. The zero-order chi connectivity index (χ0) is 55.0. The summed E-state index contributed by atoms with van der Waals surface area (Å²) in [6.45, 7) is 3.89. The van der Waals surface area contributed by atoms with E-state index in [1.165, 1.54) is 51.4 Å². The molecule has 23 heteroatoms. The number of rotatable bonds is 52. The molecule has 0 saturated carbocycles. The topological polar surface area (TPSA) is 340 Å². The molecule has 0 aliphatic rings. The molecule has 0 spiro atoms. The van der Waals surface area contributed by atoms with Crippen LogP contribution in [0.4, 0.5) is 0 Å². The molecule has 9 N–H and O–H groups in total. The fourth-order valence-corrected chi connectivity index (χ4v) is 7.33. The van der Waals surface area contributed by atoms with Gasteiger partial charge in [-0.3, -0.25) is 43.2 Å². The molecule has 426 valence electrons. The number of carbonyl (C=O) groups is 10. The molecule has 3 atom stereocenters. The second-order valence-electron chi connectivity index (χ2n) is 18.2. The van der Waals surface area contributed by atoms with Gasteiger partial charge in [-0.05, 0) is 45.4 Å². The van der Waals surface area contributed by atoms with Gasteiger partial charge in [-0.2, -0.15) is 0 Å². The van der Waals surface area contributed by atoms with E-state index in [9.17, 15) is 47.9 Å². The lowest BCUT2D eigenvalue weighted by Gasteiger charge is -2.23. The molecule has 0 bridgehead atoms. The van der Waals surface area contributed by atoms with Crippen LogP contribution in [0.2, 0.25) is 0 Å². The first kappa shape index (κ1) is 68.7. The average Bonchev–Trinajstić information content (AvgIpc) is 3.35. The van der Waals surface area contributed by atoms with E-state index in [1.807, 2.05) is 6.92 Å². The lowest BCUT2D eigenvalue weighted by Crippen LogP contribution is -2.54. The van der Waals surface area contributed by atoms with Crippen molar-refractivity contribution in [2.45, 2.75) is 192 Å². The molecule has 0 fully saturated rings. The van der Waals surface area contributed by atoms with Gasteiger partial charge in [-0.25, -0.2) is 0 Å². The highest BCUT2D eigenvalue weighted by Crippen LogP contribution is 2.14. The van der Waals surface area contributed by atoms with Gasteiger partial charge in [-0.1, -0.05) is 96.8 Å². The first-order chi connectivity index (χ1) is 35.5. The number of hydrogen-bond donors (Lipinski definition) is 9. The van der Waals surface area contributed by atoms with E-state index in [0.29, 0.717) is 25.8 Å². The lowest BCUT2D eigenvalue weighted by molar-refractivity contribution is -0.140. The Hall–Kier alpha value is -5.26. The average molecular weight is 1060 g/mol. The van der Waals surface area contributed by atoms with Crippen LogP contribution in [0.25, 0.3) is 0 Å². The molecular formula is C51H90N6O17. The Kier molecular flexibility index (Phi) is 44.1. The highest BCUT2D eigenvalue weighted by atomic mass is 16.5. The number of Topliss-reactive ketones (excluding diaryl/α,β-unsaturated/α-hetero) is 1. The number of ether oxygens (including phenoxy) is 4. The molecule has 0 aromatic rings. The molecule has 23 nitrogen and oxygen atoms in total. The van der Waals surface area contributed by atoms with Crippen LogP contribution < -0.4 is 31.9 Å². The fourth-order valence-electron chi connectivity index (χ4n) is 7.33. The third kappa shape index (κ3) is 44.2. The summed E-state index contributed by atoms with van der Waals surface area (Å²) in [6, 6.07) is -3.56. The Morgan fingerprint density at radius 1 is 0.365 bits per heavy atom. The van der Waals surface area contributed by atoms with E-state index in [2.05, 4.69) is 31.9 Å². The van der Waals surface area contributed by atoms with E-state index in [0.717, 1.165) is 44.9 Å². The second-order valence-corrected chi connectivity index (χ2v) is 18.2. The monoisotopic (exact) mass is 1060 g/mol. The summed E-state index contributed by atoms with van der Waals surface area (Å²) in [7, 11) is 0. The quantitative estimate of drug-likeness (QED) is 0.0394. The fraction of sp³-hybridized carbons (Fsp3) is 0.804. The van der Waals surface area contributed by atoms with Crippen LogP contribution in [-0.2, 0) is 66.9 Å². The SMILES string of the molecule is CCCCCNC(=O)[C@H](CCC(=O)O)NC(=O)[C@H](CCC(=O)O)NC(=O)COCCOCCNC(=O)COCCOCCNC(=O)[C@H](CCC(=O)O)NC(=O)CCCCCCCCCCCCCCCCC(C)=O. The zero-order valence-electron chi connectivity index (χ0n) is 44.2. The number of carboxylic acid groups (broad SMARTS) is 3. The van der Waals surface area contributed by atoms with Gasteiger partial charge in [-0.15, -0.1) is 0 Å². The maximum absolute atomic E-state index is 13.1. The minimum atomic E-state index is -1.34. The van der Waals surface area contributed by atoms with Gasteiger partial charge >= 0.3 is 17.9 Å². The van der Waals surface area contributed by atoms with Crippen LogP contribution in [0.15, 0.2) is 0 Å². The third-order valence-corrected chi connectivity index (χ3v) is 11.5. The largest absolute Gasteiger partial charge is 0.481 e. The molecule has 0 rings (SSSR count). The van der Waals surface area contributed by atoms with Crippen molar-refractivity contribution in [3.05, 3.63) is 0 Å². The van der Waals surface area contributed by atoms with Gasteiger partial charge in [0.2, 0.25) is 35.4 Å².